The summed E-state index contributed by atoms with van der Waals surface area (Å²) in [6, 6.07) is 30.9. The maximum Gasteiger partial charge on any atom is 0.338 e. The number of rotatable bonds is 10. The number of carbonyl (C=O) groups is 1. The Morgan fingerprint density at radius 3 is 2.37 bits per heavy atom. The highest BCUT2D eigenvalue weighted by Gasteiger charge is 2.37. The van der Waals surface area contributed by atoms with Crippen molar-refractivity contribution >= 4 is 63.1 Å². The van der Waals surface area contributed by atoms with E-state index >= 15 is 0 Å². The molecule has 6 aromatic rings. The Kier molecular flexibility index (Phi) is 10.2. The van der Waals surface area contributed by atoms with E-state index in [0.717, 1.165) is 16.3 Å². The van der Waals surface area contributed by atoms with Gasteiger partial charge in [-0.15, -0.1) is 0 Å². The number of thiazole rings is 1. The number of benzene rings is 5. The molecule has 0 saturated heterocycles. The zero-order valence-corrected chi connectivity index (χ0v) is 30.7. The quantitative estimate of drug-likeness (QED) is 0.132. The maximum atomic E-state index is 14.6. The fraction of sp³-hybridized carbons (Fsp3) is 0.146. The number of ether oxygens (including phenoxy) is 4. The molecule has 262 valence electrons. The third-order valence-corrected chi connectivity index (χ3v) is 10.4. The predicted molar refractivity (Wildman–Crippen MR) is 205 cm³/mol. The lowest BCUT2D eigenvalue weighted by atomic mass is 9.89. The Balaban J connectivity index is 1.40. The molecule has 1 atom stereocenters. The summed E-state index contributed by atoms with van der Waals surface area (Å²) in [6.45, 7) is 2.14. The zero-order valence-electron chi connectivity index (χ0n) is 28.4. The van der Waals surface area contributed by atoms with E-state index in [-0.39, 0.29) is 24.3 Å². The molecule has 11 heteroatoms. The maximum absolute atomic E-state index is 14.6. The number of carbonyl (C=O) groups excluding carboxylic acids is 1. The summed E-state index contributed by atoms with van der Waals surface area (Å²) in [5.41, 5.74) is 3.27. The molecular weight excluding hydrogens is 719 g/mol. The molecule has 1 aliphatic heterocycles. The summed E-state index contributed by atoms with van der Waals surface area (Å²) in [7, 11) is 3.13. The van der Waals surface area contributed by atoms with E-state index in [4.69, 9.17) is 47.1 Å². The molecule has 0 radical (unpaired) electrons. The molecular formula is C41H32Cl2N2O6S. The number of hydrogen-bond acceptors (Lipinski definition) is 8. The first-order valence-corrected chi connectivity index (χ1v) is 18.0. The molecule has 1 unspecified atom stereocenters. The van der Waals surface area contributed by atoms with Crippen molar-refractivity contribution in [2.24, 2.45) is 4.99 Å². The van der Waals surface area contributed by atoms with Crippen LogP contribution in [-0.4, -0.2) is 31.4 Å². The SMILES string of the molecule is CCOC(=O)C1=C(c2ccccc2)N=c2s/c(=C/c3ccc(OCc4ccc(Cl)c(Cl)c4)c(OC)c3)c(=O)n2C1c1c(OC)ccc2ccccc12. The highest BCUT2D eigenvalue weighted by atomic mass is 35.5. The average molecular weight is 752 g/mol. The second-order valence-corrected chi connectivity index (χ2v) is 13.6. The van der Waals surface area contributed by atoms with Crippen molar-refractivity contribution in [1.82, 2.24) is 4.57 Å². The van der Waals surface area contributed by atoms with Gasteiger partial charge in [0.1, 0.15) is 18.4 Å². The Hall–Kier alpha value is -5.35. The van der Waals surface area contributed by atoms with Crippen LogP contribution in [0.25, 0.3) is 22.5 Å². The van der Waals surface area contributed by atoms with Crippen molar-refractivity contribution in [2.45, 2.75) is 19.6 Å². The second-order valence-electron chi connectivity index (χ2n) is 11.8. The van der Waals surface area contributed by atoms with E-state index in [1.54, 1.807) is 56.1 Å². The van der Waals surface area contributed by atoms with Crippen molar-refractivity contribution in [3.63, 3.8) is 0 Å². The van der Waals surface area contributed by atoms with Crippen LogP contribution in [0.2, 0.25) is 10.0 Å². The number of halogens is 2. The topological polar surface area (TPSA) is 88.4 Å². The molecule has 0 N–H and O–H groups in total. The minimum absolute atomic E-state index is 0.142. The van der Waals surface area contributed by atoms with Crippen molar-refractivity contribution < 1.29 is 23.7 Å². The number of esters is 1. The molecule has 1 aliphatic rings. The molecule has 1 aromatic heterocycles. The fourth-order valence-corrected chi connectivity index (χ4v) is 7.61. The van der Waals surface area contributed by atoms with Crippen LogP contribution in [0.15, 0.2) is 118 Å². The van der Waals surface area contributed by atoms with Crippen molar-refractivity contribution in [1.29, 1.82) is 0 Å². The molecule has 0 spiro atoms. The lowest BCUT2D eigenvalue weighted by Crippen LogP contribution is -2.40. The number of fused-ring (bicyclic) bond motifs is 2. The van der Waals surface area contributed by atoms with Gasteiger partial charge in [0.15, 0.2) is 16.3 Å². The first kappa shape index (κ1) is 35.1. The van der Waals surface area contributed by atoms with Gasteiger partial charge in [0.25, 0.3) is 5.56 Å². The summed E-state index contributed by atoms with van der Waals surface area (Å²) >= 11 is 13.5. The molecule has 52 heavy (non-hydrogen) atoms. The summed E-state index contributed by atoms with van der Waals surface area (Å²) in [4.78, 5) is 34.1. The van der Waals surface area contributed by atoms with Crippen molar-refractivity contribution in [3.8, 4) is 17.2 Å². The minimum atomic E-state index is -0.916. The van der Waals surface area contributed by atoms with Gasteiger partial charge in [-0.3, -0.25) is 9.36 Å². The van der Waals surface area contributed by atoms with Crippen molar-refractivity contribution in [3.05, 3.63) is 161 Å². The van der Waals surface area contributed by atoms with E-state index in [9.17, 15) is 9.59 Å². The lowest BCUT2D eigenvalue weighted by Gasteiger charge is -2.28. The van der Waals surface area contributed by atoms with Crippen LogP contribution >= 0.6 is 34.5 Å². The number of nitrogens with zero attached hydrogens (tertiary/aromatic N) is 2. The summed E-state index contributed by atoms with van der Waals surface area (Å²) in [6.07, 6.45) is 1.78. The molecule has 0 fully saturated rings. The minimum Gasteiger partial charge on any atom is -0.496 e. The van der Waals surface area contributed by atoms with E-state index in [0.29, 0.717) is 59.0 Å². The van der Waals surface area contributed by atoms with Crippen LogP contribution in [0, 0.1) is 0 Å². The van der Waals surface area contributed by atoms with E-state index < -0.39 is 12.0 Å². The van der Waals surface area contributed by atoms with Gasteiger partial charge in [0.2, 0.25) is 0 Å². The molecule has 7 rings (SSSR count). The second kappa shape index (κ2) is 15.1. The Labute approximate surface area is 313 Å². The Morgan fingerprint density at radius 1 is 0.865 bits per heavy atom. The smallest absolute Gasteiger partial charge is 0.338 e. The molecule has 2 heterocycles. The van der Waals surface area contributed by atoms with Gasteiger partial charge < -0.3 is 18.9 Å². The van der Waals surface area contributed by atoms with Gasteiger partial charge in [0.05, 0.1) is 46.7 Å². The van der Waals surface area contributed by atoms with E-state index in [2.05, 4.69) is 0 Å². The van der Waals surface area contributed by atoms with Crippen LogP contribution < -0.4 is 29.1 Å². The molecule has 5 aromatic carbocycles. The summed E-state index contributed by atoms with van der Waals surface area (Å²) in [5, 5.41) is 2.67. The van der Waals surface area contributed by atoms with Gasteiger partial charge in [-0.1, -0.05) is 107 Å². The van der Waals surface area contributed by atoms with Crippen LogP contribution in [0.3, 0.4) is 0 Å². The molecule has 8 nitrogen and oxygen atoms in total. The normalized spacial score (nSPS) is 14.2. The third-order valence-electron chi connectivity index (χ3n) is 8.66. The lowest BCUT2D eigenvalue weighted by molar-refractivity contribution is -0.138. The Bertz CT molecular complexity index is 2550. The van der Waals surface area contributed by atoms with Gasteiger partial charge in [-0.25, -0.2) is 9.79 Å². The number of hydrogen-bond donors (Lipinski definition) is 0. The standard InChI is InChI=1S/C41H32Cl2N2O6S/c1-4-50-40(47)36-37(27-11-6-5-7-12-27)44-41-45(38(36)35-28-13-9-8-10-26(28)16-19-32(35)48-2)39(46)34(52-41)22-24-15-18-31(33(21-24)49-3)51-23-25-14-17-29(42)30(43)20-25/h5-22,38H,4,23H2,1-3H3/b34-22+. The molecule has 0 bridgehead atoms. The zero-order chi connectivity index (χ0) is 36.4. The predicted octanol–water partition coefficient (Wildman–Crippen LogP) is 7.99. The summed E-state index contributed by atoms with van der Waals surface area (Å²) < 4.78 is 25.3. The first-order chi connectivity index (χ1) is 25.3. The van der Waals surface area contributed by atoms with Gasteiger partial charge in [0, 0.05) is 11.1 Å². The highest BCUT2D eigenvalue weighted by Crippen LogP contribution is 2.42. The number of aromatic nitrogens is 1. The van der Waals surface area contributed by atoms with Crippen LogP contribution in [0.5, 0.6) is 17.2 Å². The average Bonchev–Trinajstić information content (AvgIpc) is 3.48. The fourth-order valence-electron chi connectivity index (χ4n) is 6.28. The van der Waals surface area contributed by atoms with Gasteiger partial charge in [-0.2, -0.15) is 0 Å². The number of methoxy groups -OCH3 is 2. The van der Waals surface area contributed by atoms with E-state index in [1.165, 1.54) is 11.3 Å². The van der Waals surface area contributed by atoms with Crippen LogP contribution in [0.1, 0.15) is 35.2 Å². The summed E-state index contributed by atoms with van der Waals surface area (Å²) in [5.74, 6) is 0.953. The van der Waals surface area contributed by atoms with Crippen LogP contribution in [0.4, 0.5) is 0 Å². The third kappa shape index (κ3) is 6.70. The Morgan fingerprint density at radius 2 is 1.62 bits per heavy atom. The highest BCUT2D eigenvalue weighted by molar-refractivity contribution is 7.07. The van der Waals surface area contributed by atoms with Gasteiger partial charge >= 0.3 is 5.97 Å². The van der Waals surface area contributed by atoms with E-state index in [1.807, 2.05) is 78.9 Å². The molecule has 0 saturated carbocycles. The van der Waals surface area contributed by atoms with Crippen LogP contribution in [-0.2, 0) is 16.1 Å². The molecule has 0 amide bonds. The largest absolute Gasteiger partial charge is 0.496 e. The van der Waals surface area contributed by atoms with Crippen molar-refractivity contribution in [2.75, 3.05) is 20.8 Å². The molecule has 0 aliphatic carbocycles. The first-order valence-electron chi connectivity index (χ1n) is 16.4. The van der Waals surface area contributed by atoms with Gasteiger partial charge in [-0.05, 0) is 65.2 Å². The monoisotopic (exact) mass is 750 g/mol.